The zero-order valence-corrected chi connectivity index (χ0v) is 12.0. The molecule has 2 aliphatic carbocycles. The largest absolute Gasteiger partial charge is 0.353 e. The summed E-state index contributed by atoms with van der Waals surface area (Å²) >= 11 is 0. The highest BCUT2D eigenvalue weighted by molar-refractivity contribution is 5.76. The fraction of sp³-hybridized carbons (Fsp3) is 0.929. The highest BCUT2D eigenvalue weighted by Gasteiger charge is 2.47. The molecular formula is C14H23NO5. The molecule has 1 saturated heterocycles. The lowest BCUT2D eigenvalue weighted by Gasteiger charge is -2.43. The van der Waals surface area contributed by atoms with Crippen LogP contribution in [0.4, 0.5) is 0 Å². The van der Waals surface area contributed by atoms with Crippen molar-refractivity contribution in [1.29, 1.82) is 0 Å². The van der Waals surface area contributed by atoms with Crippen LogP contribution in [0.1, 0.15) is 64.7 Å². The van der Waals surface area contributed by atoms with Gasteiger partial charge < -0.3 is 5.32 Å². The van der Waals surface area contributed by atoms with Gasteiger partial charge >= 0.3 is 0 Å². The minimum atomic E-state index is -1.01. The first-order valence-electron chi connectivity index (χ1n) is 7.62. The Labute approximate surface area is 118 Å². The Kier molecular flexibility index (Phi) is 3.99. The Morgan fingerprint density at radius 2 is 1.75 bits per heavy atom. The average molecular weight is 285 g/mol. The Bertz CT molecular complexity index is 353. The van der Waals surface area contributed by atoms with Crippen LogP contribution in [-0.4, -0.2) is 23.5 Å². The molecule has 6 nitrogen and oxygen atoms in total. The second-order valence-electron chi connectivity index (χ2n) is 6.28. The van der Waals surface area contributed by atoms with Crippen molar-refractivity contribution in [2.24, 2.45) is 0 Å². The molecular weight excluding hydrogens is 262 g/mol. The van der Waals surface area contributed by atoms with Gasteiger partial charge in [-0.05, 0) is 32.6 Å². The third-order valence-corrected chi connectivity index (χ3v) is 4.10. The molecule has 20 heavy (non-hydrogen) atoms. The highest BCUT2D eigenvalue weighted by atomic mass is 17.4. The number of nitrogens with one attached hydrogen (secondary N) is 1. The van der Waals surface area contributed by atoms with Gasteiger partial charge in [0.05, 0.1) is 0 Å². The molecule has 0 unspecified atom stereocenters. The van der Waals surface area contributed by atoms with Crippen molar-refractivity contribution in [3.63, 3.8) is 0 Å². The summed E-state index contributed by atoms with van der Waals surface area (Å²) < 4.78 is 0. The van der Waals surface area contributed by atoms with Gasteiger partial charge in [0, 0.05) is 31.7 Å². The molecule has 0 aromatic carbocycles. The van der Waals surface area contributed by atoms with Crippen molar-refractivity contribution < 1.29 is 24.3 Å². The summed E-state index contributed by atoms with van der Waals surface area (Å²) in [7, 11) is 0. The fourth-order valence-electron chi connectivity index (χ4n) is 2.56. The summed E-state index contributed by atoms with van der Waals surface area (Å²) in [5.41, 5.74) is 0. The van der Waals surface area contributed by atoms with Gasteiger partial charge in [0.15, 0.2) is 0 Å². The van der Waals surface area contributed by atoms with Crippen LogP contribution in [0.5, 0.6) is 0 Å². The molecule has 0 aromatic rings. The molecule has 1 spiro atoms. The standard InChI is InChI=1S/C14H23NO5/c1-13(10-7-12(16)15-11-5-6-11)17-19-14(20-18-13)8-3-2-4-9-14/h11H,2-10H2,1H3,(H,15,16). The zero-order chi connectivity index (χ0) is 14.1. The van der Waals surface area contributed by atoms with Crippen molar-refractivity contribution in [3.8, 4) is 0 Å². The maximum Gasteiger partial charge on any atom is 0.234 e. The molecule has 3 fully saturated rings. The first kappa shape index (κ1) is 14.3. The van der Waals surface area contributed by atoms with Gasteiger partial charge in [-0.3, -0.25) is 4.79 Å². The first-order chi connectivity index (χ1) is 9.59. The Hall–Kier alpha value is -0.690. The number of rotatable bonds is 4. The molecule has 114 valence electrons. The maximum absolute atomic E-state index is 11.7. The molecule has 3 rings (SSSR count). The highest BCUT2D eigenvalue weighted by Crippen LogP contribution is 2.40. The number of carbonyl (C=O) groups is 1. The van der Waals surface area contributed by atoms with Gasteiger partial charge in [0.25, 0.3) is 0 Å². The summed E-state index contributed by atoms with van der Waals surface area (Å²) in [5, 5.41) is 2.94. The fourth-order valence-corrected chi connectivity index (χ4v) is 2.56. The van der Waals surface area contributed by atoms with E-state index in [1.165, 1.54) is 6.42 Å². The van der Waals surface area contributed by atoms with E-state index in [0.29, 0.717) is 18.9 Å². The maximum atomic E-state index is 11.7. The quantitative estimate of drug-likeness (QED) is 0.803. The first-order valence-corrected chi connectivity index (χ1v) is 7.62. The number of hydrogen-bond acceptors (Lipinski definition) is 5. The third kappa shape index (κ3) is 3.49. The van der Waals surface area contributed by atoms with Gasteiger partial charge in [-0.2, -0.15) is 19.6 Å². The molecule has 0 bridgehead atoms. The van der Waals surface area contributed by atoms with Crippen molar-refractivity contribution in [2.75, 3.05) is 0 Å². The summed E-state index contributed by atoms with van der Waals surface area (Å²) in [5.74, 6) is -1.73. The van der Waals surface area contributed by atoms with Crippen molar-refractivity contribution in [2.45, 2.75) is 82.3 Å². The van der Waals surface area contributed by atoms with Crippen LogP contribution in [-0.2, 0) is 24.3 Å². The monoisotopic (exact) mass is 285 g/mol. The Morgan fingerprint density at radius 1 is 1.10 bits per heavy atom. The molecule has 0 aromatic heterocycles. The van der Waals surface area contributed by atoms with Crippen LogP contribution in [0.2, 0.25) is 0 Å². The van der Waals surface area contributed by atoms with Gasteiger partial charge in [-0.15, -0.1) is 0 Å². The second kappa shape index (κ2) is 5.60. The SMILES string of the molecule is CC1(CCC(=O)NC2CC2)OOC2(CCCCC2)OO1. The number of hydrogen-bond donors (Lipinski definition) is 1. The van der Waals surface area contributed by atoms with Crippen LogP contribution in [0, 0.1) is 0 Å². The molecule has 1 amide bonds. The average Bonchev–Trinajstić information content (AvgIpc) is 3.26. The smallest absolute Gasteiger partial charge is 0.234 e. The molecule has 0 atom stereocenters. The summed E-state index contributed by atoms with van der Waals surface area (Å²) in [6, 6.07) is 0.376. The predicted octanol–water partition coefficient (Wildman–Crippen LogP) is 2.33. The Balaban J connectivity index is 1.44. The molecule has 1 heterocycles. The van der Waals surface area contributed by atoms with E-state index in [2.05, 4.69) is 5.32 Å². The van der Waals surface area contributed by atoms with Gasteiger partial charge in [0.2, 0.25) is 17.5 Å². The van der Waals surface area contributed by atoms with Crippen molar-refractivity contribution >= 4 is 5.91 Å². The van der Waals surface area contributed by atoms with E-state index >= 15 is 0 Å². The number of carbonyl (C=O) groups excluding carboxylic acids is 1. The van der Waals surface area contributed by atoms with E-state index in [9.17, 15) is 4.79 Å². The topological polar surface area (TPSA) is 66.0 Å². The van der Waals surface area contributed by atoms with Gasteiger partial charge in [-0.25, -0.2) is 0 Å². The van der Waals surface area contributed by atoms with E-state index in [0.717, 1.165) is 38.5 Å². The Morgan fingerprint density at radius 3 is 2.35 bits per heavy atom. The van der Waals surface area contributed by atoms with Crippen LogP contribution < -0.4 is 5.32 Å². The minimum Gasteiger partial charge on any atom is -0.353 e. The van der Waals surface area contributed by atoms with Crippen LogP contribution >= 0.6 is 0 Å². The van der Waals surface area contributed by atoms with Crippen molar-refractivity contribution in [3.05, 3.63) is 0 Å². The lowest BCUT2D eigenvalue weighted by Crippen LogP contribution is -2.50. The lowest BCUT2D eigenvalue weighted by molar-refractivity contribution is -0.657. The summed E-state index contributed by atoms with van der Waals surface area (Å²) in [6.45, 7) is 1.73. The summed E-state index contributed by atoms with van der Waals surface area (Å²) in [6.07, 6.45) is 7.77. The molecule has 6 heteroatoms. The molecule has 1 N–H and O–H groups in total. The van der Waals surface area contributed by atoms with E-state index in [1.807, 2.05) is 0 Å². The van der Waals surface area contributed by atoms with E-state index in [1.54, 1.807) is 6.92 Å². The van der Waals surface area contributed by atoms with Crippen LogP contribution in [0.25, 0.3) is 0 Å². The minimum absolute atomic E-state index is 0.0267. The van der Waals surface area contributed by atoms with Crippen LogP contribution in [0.3, 0.4) is 0 Å². The molecule has 2 saturated carbocycles. The lowest BCUT2D eigenvalue weighted by atomic mass is 9.94. The second-order valence-corrected chi connectivity index (χ2v) is 6.28. The third-order valence-electron chi connectivity index (χ3n) is 4.10. The molecule has 3 aliphatic rings. The molecule has 0 radical (unpaired) electrons. The predicted molar refractivity (Wildman–Crippen MR) is 69.0 cm³/mol. The normalized spacial score (nSPS) is 28.2. The van der Waals surface area contributed by atoms with Crippen LogP contribution in [0.15, 0.2) is 0 Å². The van der Waals surface area contributed by atoms with E-state index in [4.69, 9.17) is 19.6 Å². The molecule has 1 aliphatic heterocycles. The van der Waals surface area contributed by atoms with E-state index < -0.39 is 11.6 Å². The van der Waals surface area contributed by atoms with E-state index in [-0.39, 0.29) is 5.91 Å². The van der Waals surface area contributed by atoms with Gasteiger partial charge in [0.1, 0.15) is 0 Å². The zero-order valence-electron chi connectivity index (χ0n) is 12.0. The number of amides is 1. The van der Waals surface area contributed by atoms with Gasteiger partial charge in [-0.1, -0.05) is 6.42 Å². The summed E-state index contributed by atoms with van der Waals surface area (Å²) in [4.78, 5) is 33.4. The van der Waals surface area contributed by atoms with Crippen molar-refractivity contribution in [1.82, 2.24) is 5.32 Å².